The molecule has 6 heteroatoms. The fraction of sp³-hybridized carbons (Fsp3) is 0.562. The Hall–Kier alpha value is -1.16. The van der Waals surface area contributed by atoms with Gasteiger partial charge in [0.25, 0.3) is 0 Å². The zero-order chi connectivity index (χ0) is 16.4. The molecule has 5 nitrogen and oxygen atoms in total. The summed E-state index contributed by atoms with van der Waals surface area (Å²) in [6, 6.07) is 9.86. The van der Waals surface area contributed by atoms with Gasteiger partial charge < -0.3 is 9.63 Å². The molecule has 0 radical (unpaired) electrons. The Morgan fingerprint density at radius 3 is 2.50 bits per heavy atom. The molecule has 0 aliphatic carbocycles. The third kappa shape index (κ3) is 6.73. The maximum atomic E-state index is 12.7. The second kappa shape index (κ2) is 9.78. The minimum Gasteiger partial charge on any atom is -0.479 e. The van der Waals surface area contributed by atoms with Crippen LogP contribution in [0.4, 0.5) is 0 Å². The van der Waals surface area contributed by atoms with Gasteiger partial charge in [0, 0.05) is 0 Å². The largest absolute Gasteiger partial charge is 0.479 e. The van der Waals surface area contributed by atoms with Crippen molar-refractivity contribution in [1.82, 2.24) is 0 Å². The molecule has 1 rings (SSSR count). The first kappa shape index (κ1) is 18.9. The van der Waals surface area contributed by atoms with Gasteiger partial charge in [0.05, 0.1) is 12.8 Å². The molecule has 2 atom stereocenters. The van der Waals surface area contributed by atoms with Gasteiger partial charge >= 0.3 is 13.6 Å². The molecule has 0 aromatic heterocycles. The summed E-state index contributed by atoms with van der Waals surface area (Å²) in [5.41, 5.74) is 1.15. The first-order valence-corrected chi connectivity index (χ1v) is 9.42. The zero-order valence-electron chi connectivity index (χ0n) is 13.2. The van der Waals surface area contributed by atoms with Crippen molar-refractivity contribution in [3.8, 4) is 0 Å². The molecule has 1 aromatic rings. The number of carbonyl (C=O) groups is 1. The molecule has 0 aliphatic rings. The summed E-state index contributed by atoms with van der Waals surface area (Å²) in [6.07, 6.45) is 1.51. The van der Waals surface area contributed by atoms with E-state index in [-0.39, 0.29) is 12.8 Å². The van der Waals surface area contributed by atoms with Crippen LogP contribution in [0.2, 0.25) is 0 Å². The first-order chi connectivity index (χ1) is 10.5. The fourth-order valence-corrected chi connectivity index (χ4v) is 3.96. The van der Waals surface area contributed by atoms with E-state index in [4.69, 9.17) is 14.2 Å². The van der Waals surface area contributed by atoms with E-state index >= 15 is 0 Å². The molecule has 0 saturated carbocycles. The molecule has 0 saturated heterocycles. The van der Waals surface area contributed by atoms with Gasteiger partial charge in [-0.15, -0.1) is 0 Å². The summed E-state index contributed by atoms with van der Waals surface area (Å²) < 4.78 is 23.3. The second-order valence-corrected chi connectivity index (χ2v) is 7.20. The molecule has 1 N–H and O–H groups in total. The summed E-state index contributed by atoms with van der Waals surface area (Å²) in [5.74, 6) is -1.09. The minimum absolute atomic E-state index is 0.225. The van der Waals surface area contributed by atoms with Crippen molar-refractivity contribution in [2.75, 3.05) is 12.8 Å². The predicted octanol–water partition coefficient (Wildman–Crippen LogP) is 4.12. The lowest BCUT2D eigenvalue weighted by Crippen LogP contribution is -2.23. The van der Waals surface area contributed by atoms with Crippen molar-refractivity contribution in [3.05, 3.63) is 35.9 Å². The van der Waals surface area contributed by atoms with Gasteiger partial charge in [-0.1, -0.05) is 43.7 Å². The number of hydrogen-bond acceptors (Lipinski definition) is 4. The number of carboxylic acids is 1. The predicted molar refractivity (Wildman–Crippen MR) is 86.3 cm³/mol. The third-order valence-corrected chi connectivity index (χ3v) is 5.27. The quantitative estimate of drug-likeness (QED) is 0.619. The van der Waals surface area contributed by atoms with E-state index < -0.39 is 19.7 Å². The van der Waals surface area contributed by atoms with Gasteiger partial charge in [-0.25, -0.2) is 4.79 Å². The molecular weight excluding hydrogens is 303 g/mol. The molecule has 0 fully saturated rings. The lowest BCUT2D eigenvalue weighted by molar-refractivity contribution is -0.145. The van der Waals surface area contributed by atoms with Crippen LogP contribution >= 0.6 is 7.60 Å². The van der Waals surface area contributed by atoms with E-state index in [1.165, 1.54) is 0 Å². The van der Waals surface area contributed by atoms with Gasteiger partial charge in [-0.05, 0) is 31.7 Å². The molecule has 124 valence electrons. The number of hydrogen-bond donors (Lipinski definition) is 1. The highest BCUT2D eigenvalue weighted by molar-refractivity contribution is 7.53. The Kier molecular flexibility index (Phi) is 8.39. The third-order valence-electron chi connectivity index (χ3n) is 3.18. The van der Waals surface area contributed by atoms with E-state index in [1.54, 1.807) is 6.92 Å². The Balaban J connectivity index is 2.61. The van der Waals surface area contributed by atoms with Crippen LogP contribution in [-0.4, -0.2) is 29.9 Å². The van der Waals surface area contributed by atoms with Crippen molar-refractivity contribution in [3.63, 3.8) is 0 Å². The van der Waals surface area contributed by atoms with Crippen LogP contribution in [0, 0.1) is 0 Å². The van der Waals surface area contributed by atoms with Gasteiger partial charge in [-0.2, -0.15) is 0 Å². The van der Waals surface area contributed by atoms with Crippen LogP contribution in [-0.2, 0) is 24.8 Å². The van der Waals surface area contributed by atoms with E-state index in [1.807, 2.05) is 37.3 Å². The normalized spacial score (nSPS) is 15.2. The van der Waals surface area contributed by atoms with Crippen molar-refractivity contribution in [1.29, 1.82) is 0 Å². The van der Waals surface area contributed by atoms with E-state index in [2.05, 4.69) is 0 Å². The first-order valence-electron chi connectivity index (χ1n) is 7.69. The molecule has 0 spiro atoms. The molecule has 0 aliphatic heterocycles. The SMILES string of the molecule is CCC[C@H](OP(=O)(CCCc1ccccc1)OCC)C(=O)O. The summed E-state index contributed by atoms with van der Waals surface area (Å²) in [5, 5.41) is 9.14. The lowest BCUT2D eigenvalue weighted by Gasteiger charge is -2.22. The van der Waals surface area contributed by atoms with Gasteiger partial charge in [-0.3, -0.25) is 9.09 Å². The molecule has 1 unspecified atom stereocenters. The minimum atomic E-state index is -3.38. The van der Waals surface area contributed by atoms with Gasteiger partial charge in [0.1, 0.15) is 0 Å². The average molecular weight is 328 g/mol. The Labute approximate surface area is 132 Å². The maximum absolute atomic E-state index is 12.7. The average Bonchev–Trinajstić information content (AvgIpc) is 2.48. The second-order valence-electron chi connectivity index (χ2n) is 5.06. The van der Waals surface area contributed by atoms with Crippen LogP contribution in [0.25, 0.3) is 0 Å². The Morgan fingerprint density at radius 2 is 1.95 bits per heavy atom. The van der Waals surface area contributed by atoms with Crippen LogP contribution in [0.1, 0.15) is 38.7 Å². The Bertz CT molecular complexity index is 489. The highest BCUT2D eigenvalue weighted by atomic mass is 31.2. The van der Waals surface area contributed by atoms with E-state index in [0.717, 1.165) is 12.0 Å². The zero-order valence-corrected chi connectivity index (χ0v) is 14.1. The summed E-state index contributed by atoms with van der Waals surface area (Å²) in [4.78, 5) is 11.2. The Morgan fingerprint density at radius 1 is 1.27 bits per heavy atom. The number of aryl methyl sites for hydroxylation is 1. The standard InChI is InChI=1S/C16H25O5P/c1-3-9-15(16(17)18)21-22(19,20-4-2)13-8-12-14-10-6-5-7-11-14/h5-7,10-11,15H,3-4,8-9,12-13H2,1-2H3,(H,17,18)/t15-,22?/m0/s1. The molecule has 0 heterocycles. The lowest BCUT2D eigenvalue weighted by atomic mass is 10.1. The highest BCUT2D eigenvalue weighted by Crippen LogP contribution is 2.50. The van der Waals surface area contributed by atoms with Gasteiger partial charge in [0.15, 0.2) is 6.10 Å². The van der Waals surface area contributed by atoms with Crippen molar-refractivity contribution in [2.24, 2.45) is 0 Å². The van der Waals surface area contributed by atoms with Crippen LogP contribution in [0.5, 0.6) is 0 Å². The topological polar surface area (TPSA) is 72.8 Å². The highest BCUT2D eigenvalue weighted by Gasteiger charge is 2.31. The van der Waals surface area contributed by atoms with Crippen LogP contribution in [0.15, 0.2) is 30.3 Å². The van der Waals surface area contributed by atoms with Crippen molar-refractivity contribution < 1.29 is 23.5 Å². The number of aliphatic carboxylic acids is 1. The van der Waals surface area contributed by atoms with E-state index in [9.17, 15) is 9.36 Å². The molecule has 22 heavy (non-hydrogen) atoms. The number of carboxylic acid groups (broad SMARTS) is 1. The summed E-state index contributed by atoms with van der Waals surface area (Å²) >= 11 is 0. The van der Waals surface area contributed by atoms with Crippen LogP contribution in [0.3, 0.4) is 0 Å². The monoisotopic (exact) mass is 328 g/mol. The molecule has 1 aromatic carbocycles. The molecule has 0 bridgehead atoms. The van der Waals surface area contributed by atoms with Crippen LogP contribution < -0.4 is 0 Å². The van der Waals surface area contributed by atoms with E-state index in [0.29, 0.717) is 19.3 Å². The number of rotatable bonds is 11. The van der Waals surface area contributed by atoms with Crippen molar-refractivity contribution >= 4 is 13.6 Å². The van der Waals surface area contributed by atoms with Crippen molar-refractivity contribution in [2.45, 2.75) is 45.6 Å². The fourth-order valence-electron chi connectivity index (χ4n) is 2.14. The molecule has 0 amide bonds. The smallest absolute Gasteiger partial charge is 0.333 e. The molecular formula is C16H25O5P. The summed E-state index contributed by atoms with van der Waals surface area (Å²) in [6.45, 7) is 3.82. The van der Waals surface area contributed by atoms with Gasteiger partial charge in [0.2, 0.25) is 0 Å². The number of benzene rings is 1. The summed E-state index contributed by atoms with van der Waals surface area (Å²) in [7, 11) is -3.38. The maximum Gasteiger partial charge on any atom is 0.333 e.